The van der Waals surface area contributed by atoms with Gasteiger partial charge in [-0.2, -0.15) is 0 Å². The molecule has 0 heterocycles. The highest BCUT2D eigenvalue weighted by atomic mass is 32.2. The number of hydrogen-bond donors (Lipinski definition) is 1. The Labute approximate surface area is 151 Å². The summed E-state index contributed by atoms with van der Waals surface area (Å²) in [7, 11) is 0. The van der Waals surface area contributed by atoms with Gasteiger partial charge in [0, 0.05) is 17.5 Å². The number of unbranched alkanes of at least 4 members (excludes halogenated alkanes) is 1. The Morgan fingerprint density at radius 2 is 1.67 bits per heavy atom. The van der Waals surface area contributed by atoms with Crippen molar-refractivity contribution in [3.8, 4) is 5.75 Å². The first-order valence-corrected chi connectivity index (χ1v) is 10.0. The Morgan fingerprint density at radius 1 is 1.00 bits per heavy atom. The lowest BCUT2D eigenvalue weighted by molar-refractivity contribution is 0.309. The van der Waals surface area contributed by atoms with Crippen LogP contribution in [0.5, 0.6) is 5.75 Å². The second kappa shape index (κ2) is 10.4. The molecule has 0 aliphatic heterocycles. The van der Waals surface area contributed by atoms with E-state index in [1.807, 2.05) is 0 Å². The minimum absolute atomic E-state index is 0.450. The van der Waals surface area contributed by atoms with Crippen LogP contribution in [0, 0.1) is 0 Å². The van der Waals surface area contributed by atoms with Crippen LogP contribution in [0.3, 0.4) is 0 Å². The van der Waals surface area contributed by atoms with Gasteiger partial charge in [0.05, 0.1) is 6.61 Å². The van der Waals surface area contributed by atoms with E-state index < -0.39 is 0 Å². The SMILES string of the molecule is CCCCOc1ccc(CNC(C)Cc2ccc(SC)cc2)cc1. The topological polar surface area (TPSA) is 21.3 Å². The third-order valence-electron chi connectivity index (χ3n) is 4.05. The van der Waals surface area contributed by atoms with E-state index in [2.05, 4.69) is 74.0 Å². The van der Waals surface area contributed by atoms with Crippen LogP contribution in [0.25, 0.3) is 0 Å². The molecule has 1 unspecified atom stereocenters. The average molecular weight is 344 g/mol. The van der Waals surface area contributed by atoms with E-state index in [1.165, 1.54) is 22.4 Å². The van der Waals surface area contributed by atoms with Crippen molar-refractivity contribution in [2.24, 2.45) is 0 Å². The fraction of sp³-hybridized carbons (Fsp3) is 0.429. The number of thioether (sulfide) groups is 1. The van der Waals surface area contributed by atoms with E-state index in [0.717, 1.165) is 31.7 Å². The van der Waals surface area contributed by atoms with Gasteiger partial charge in [-0.25, -0.2) is 0 Å². The molecule has 0 saturated heterocycles. The Bertz CT molecular complexity index is 580. The third kappa shape index (κ3) is 6.58. The van der Waals surface area contributed by atoms with E-state index in [9.17, 15) is 0 Å². The predicted octanol–water partition coefficient (Wildman–Crippen LogP) is 5.31. The molecule has 2 rings (SSSR count). The quantitative estimate of drug-likeness (QED) is 0.467. The molecule has 0 aliphatic rings. The van der Waals surface area contributed by atoms with Gasteiger partial charge in [-0.3, -0.25) is 0 Å². The summed E-state index contributed by atoms with van der Waals surface area (Å²) in [5.74, 6) is 0.967. The lowest BCUT2D eigenvalue weighted by atomic mass is 10.1. The lowest BCUT2D eigenvalue weighted by Crippen LogP contribution is -2.27. The molecule has 0 bridgehead atoms. The number of hydrogen-bond acceptors (Lipinski definition) is 3. The van der Waals surface area contributed by atoms with Crippen LogP contribution in [-0.4, -0.2) is 18.9 Å². The Kier molecular flexibility index (Phi) is 8.20. The molecule has 130 valence electrons. The van der Waals surface area contributed by atoms with E-state index in [-0.39, 0.29) is 0 Å². The summed E-state index contributed by atoms with van der Waals surface area (Å²) in [5.41, 5.74) is 2.68. The molecular formula is C21H29NOS. The van der Waals surface area contributed by atoms with Crippen molar-refractivity contribution in [1.82, 2.24) is 5.32 Å². The second-order valence-electron chi connectivity index (χ2n) is 6.18. The third-order valence-corrected chi connectivity index (χ3v) is 4.79. The fourth-order valence-electron chi connectivity index (χ4n) is 2.52. The fourth-order valence-corrected chi connectivity index (χ4v) is 2.93. The van der Waals surface area contributed by atoms with Gasteiger partial charge in [-0.15, -0.1) is 11.8 Å². The molecular weight excluding hydrogens is 314 g/mol. The zero-order valence-corrected chi connectivity index (χ0v) is 15.9. The highest BCUT2D eigenvalue weighted by molar-refractivity contribution is 7.98. The zero-order valence-electron chi connectivity index (χ0n) is 15.0. The van der Waals surface area contributed by atoms with Crippen molar-refractivity contribution in [2.75, 3.05) is 12.9 Å². The van der Waals surface area contributed by atoms with Gasteiger partial charge in [-0.05, 0) is 61.4 Å². The molecule has 3 heteroatoms. The molecule has 24 heavy (non-hydrogen) atoms. The maximum absolute atomic E-state index is 5.70. The van der Waals surface area contributed by atoms with Gasteiger partial charge in [0.1, 0.15) is 5.75 Å². The van der Waals surface area contributed by atoms with Crippen molar-refractivity contribution in [2.45, 2.75) is 50.6 Å². The van der Waals surface area contributed by atoms with E-state index in [4.69, 9.17) is 4.74 Å². The maximum atomic E-state index is 5.70. The van der Waals surface area contributed by atoms with Crippen LogP contribution < -0.4 is 10.1 Å². The van der Waals surface area contributed by atoms with Crippen molar-refractivity contribution in [3.05, 3.63) is 59.7 Å². The van der Waals surface area contributed by atoms with Gasteiger partial charge in [0.25, 0.3) is 0 Å². The summed E-state index contributed by atoms with van der Waals surface area (Å²) in [6.45, 7) is 6.11. The summed E-state index contributed by atoms with van der Waals surface area (Å²) in [6.07, 6.45) is 5.44. The van der Waals surface area contributed by atoms with Crippen LogP contribution in [0.2, 0.25) is 0 Å². The second-order valence-corrected chi connectivity index (χ2v) is 7.06. The molecule has 2 nitrogen and oxygen atoms in total. The Morgan fingerprint density at radius 3 is 2.29 bits per heavy atom. The molecule has 1 atom stereocenters. The summed E-state index contributed by atoms with van der Waals surface area (Å²) in [5, 5.41) is 3.60. The van der Waals surface area contributed by atoms with Crippen LogP contribution in [0.1, 0.15) is 37.8 Å². The average Bonchev–Trinajstić information content (AvgIpc) is 2.62. The number of benzene rings is 2. The molecule has 0 amide bonds. The minimum Gasteiger partial charge on any atom is -0.494 e. The molecule has 1 N–H and O–H groups in total. The Balaban J connectivity index is 1.75. The molecule has 0 aromatic heterocycles. The molecule has 2 aromatic carbocycles. The minimum atomic E-state index is 0.450. The number of ether oxygens (including phenoxy) is 1. The van der Waals surface area contributed by atoms with Gasteiger partial charge in [0.15, 0.2) is 0 Å². The monoisotopic (exact) mass is 343 g/mol. The molecule has 0 saturated carbocycles. The van der Waals surface area contributed by atoms with Gasteiger partial charge in [-0.1, -0.05) is 37.6 Å². The van der Waals surface area contributed by atoms with Crippen LogP contribution >= 0.6 is 11.8 Å². The summed E-state index contributed by atoms with van der Waals surface area (Å²) in [4.78, 5) is 1.32. The first-order valence-electron chi connectivity index (χ1n) is 8.79. The first kappa shape index (κ1) is 18.9. The summed E-state index contributed by atoms with van der Waals surface area (Å²) < 4.78 is 5.70. The molecule has 0 fully saturated rings. The first-order chi connectivity index (χ1) is 11.7. The van der Waals surface area contributed by atoms with E-state index in [1.54, 1.807) is 11.8 Å². The van der Waals surface area contributed by atoms with Crippen molar-refractivity contribution >= 4 is 11.8 Å². The summed E-state index contributed by atoms with van der Waals surface area (Å²) in [6, 6.07) is 17.7. The van der Waals surface area contributed by atoms with Gasteiger partial charge >= 0.3 is 0 Å². The van der Waals surface area contributed by atoms with Crippen LogP contribution in [0.15, 0.2) is 53.4 Å². The molecule has 2 aromatic rings. The smallest absolute Gasteiger partial charge is 0.119 e. The normalized spacial score (nSPS) is 12.1. The van der Waals surface area contributed by atoms with Crippen LogP contribution in [-0.2, 0) is 13.0 Å². The van der Waals surface area contributed by atoms with Crippen molar-refractivity contribution < 1.29 is 4.74 Å². The molecule has 0 radical (unpaired) electrons. The number of rotatable bonds is 10. The predicted molar refractivity (Wildman–Crippen MR) is 105 cm³/mol. The molecule has 0 aliphatic carbocycles. The van der Waals surface area contributed by atoms with Crippen LogP contribution in [0.4, 0.5) is 0 Å². The zero-order chi connectivity index (χ0) is 17.2. The standard InChI is InChI=1S/C21H29NOS/c1-4-5-14-23-20-10-6-19(7-11-20)16-22-17(2)15-18-8-12-21(24-3)13-9-18/h6-13,17,22H,4-5,14-16H2,1-3H3. The Hall–Kier alpha value is -1.45. The highest BCUT2D eigenvalue weighted by Gasteiger charge is 2.04. The summed E-state index contributed by atoms with van der Waals surface area (Å²) >= 11 is 1.79. The van der Waals surface area contributed by atoms with Gasteiger partial charge < -0.3 is 10.1 Å². The highest BCUT2D eigenvalue weighted by Crippen LogP contribution is 2.16. The largest absolute Gasteiger partial charge is 0.494 e. The van der Waals surface area contributed by atoms with E-state index in [0.29, 0.717) is 6.04 Å². The van der Waals surface area contributed by atoms with Crippen molar-refractivity contribution in [3.63, 3.8) is 0 Å². The number of nitrogens with one attached hydrogen (secondary N) is 1. The van der Waals surface area contributed by atoms with E-state index >= 15 is 0 Å². The van der Waals surface area contributed by atoms with Gasteiger partial charge in [0.2, 0.25) is 0 Å². The van der Waals surface area contributed by atoms with Crippen molar-refractivity contribution in [1.29, 1.82) is 0 Å². The maximum Gasteiger partial charge on any atom is 0.119 e. The lowest BCUT2D eigenvalue weighted by Gasteiger charge is -2.14. The molecule has 0 spiro atoms.